The third-order valence-corrected chi connectivity index (χ3v) is 11.4. The van der Waals surface area contributed by atoms with Crippen molar-refractivity contribution in [1.29, 1.82) is 0 Å². The molecular weight excluding hydrogens is 647 g/mol. The highest BCUT2D eigenvalue weighted by atomic mass is 32.1. The van der Waals surface area contributed by atoms with E-state index in [1.54, 1.807) is 0 Å². The van der Waals surface area contributed by atoms with E-state index in [1.165, 1.54) is 80.8 Å². The monoisotopic (exact) mass is 679 g/mol. The Morgan fingerprint density at radius 1 is 0.327 bits per heavy atom. The maximum atomic E-state index is 2.44. The van der Waals surface area contributed by atoms with Gasteiger partial charge in [0.1, 0.15) is 0 Å². The number of thiophene rings is 1. The third kappa shape index (κ3) is 5.24. The van der Waals surface area contributed by atoms with Crippen LogP contribution in [0, 0.1) is 0 Å². The lowest BCUT2D eigenvalue weighted by molar-refractivity contribution is 1.30. The summed E-state index contributed by atoms with van der Waals surface area (Å²) in [5, 5.41) is 7.59. The first-order valence-electron chi connectivity index (χ1n) is 17.8. The van der Waals surface area contributed by atoms with Crippen molar-refractivity contribution in [2.75, 3.05) is 4.90 Å². The van der Waals surface area contributed by atoms with Crippen LogP contribution in [0.15, 0.2) is 200 Å². The summed E-state index contributed by atoms with van der Waals surface area (Å²) in [5.41, 5.74) is 10.7. The van der Waals surface area contributed by atoms with Crippen molar-refractivity contribution >= 4 is 70.1 Å². The standard InChI is InChI=1S/C50H33NS/c1-2-13-34(14-3-1)39-31-37-16-5-7-21-44(37)47(33-39)38-18-10-19-41(32-38)51(48-25-12-24-46-45-22-8-9-26-49(45)52-50(46)48)40-29-27-36(28-30-40)43-23-11-17-35-15-4-6-20-42(35)43/h1-33H. The maximum Gasteiger partial charge on any atom is 0.0640 e. The fraction of sp³-hybridized carbons (Fsp3) is 0. The molecule has 0 amide bonds. The summed E-state index contributed by atoms with van der Waals surface area (Å²) in [4.78, 5) is 2.44. The number of hydrogen-bond acceptors (Lipinski definition) is 2. The molecule has 1 nitrogen and oxygen atoms in total. The molecular formula is C50H33NS. The second kappa shape index (κ2) is 12.7. The van der Waals surface area contributed by atoms with Gasteiger partial charge in [-0.15, -0.1) is 11.3 Å². The molecule has 2 heteroatoms. The summed E-state index contributed by atoms with van der Waals surface area (Å²) in [6, 6.07) is 73.0. The molecule has 0 aliphatic rings. The lowest BCUT2D eigenvalue weighted by Crippen LogP contribution is -2.10. The minimum absolute atomic E-state index is 1.12. The number of benzene rings is 9. The molecule has 0 N–H and O–H groups in total. The largest absolute Gasteiger partial charge is 0.309 e. The van der Waals surface area contributed by atoms with E-state index >= 15 is 0 Å². The summed E-state index contributed by atoms with van der Waals surface area (Å²) < 4.78 is 2.58. The predicted octanol–water partition coefficient (Wildman–Crippen LogP) is 14.8. The van der Waals surface area contributed by atoms with Crippen molar-refractivity contribution < 1.29 is 0 Å². The van der Waals surface area contributed by atoms with E-state index in [-0.39, 0.29) is 0 Å². The van der Waals surface area contributed by atoms with E-state index in [9.17, 15) is 0 Å². The molecule has 0 spiro atoms. The zero-order chi connectivity index (χ0) is 34.4. The predicted molar refractivity (Wildman–Crippen MR) is 225 cm³/mol. The zero-order valence-electron chi connectivity index (χ0n) is 28.4. The van der Waals surface area contributed by atoms with Crippen molar-refractivity contribution in [2.45, 2.75) is 0 Å². The lowest BCUT2D eigenvalue weighted by Gasteiger charge is -2.27. The van der Waals surface area contributed by atoms with Gasteiger partial charge >= 0.3 is 0 Å². The Kier molecular flexibility index (Phi) is 7.41. The number of nitrogens with zero attached hydrogens (tertiary/aromatic N) is 1. The number of anilines is 3. The van der Waals surface area contributed by atoms with Crippen LogP contribution in [0.25, 0.3) is 75.1 Å². The van der Waals surface area contributed by atoms with Crippen LogP contribution in [0.2, 0.25) is 0 Å². The van der Waals surface area contributed by atoms with Gasteiger partial charge in [0, 0.05) is 26.8 Å². The molecule has 0 fully saturated rings. The van der Waals surface area contributed by atoms with Crippen LogP contribution in [0.5, 0.6) is 0 Å². The molecule has 1 aromatic heterocycles. The Balaban J connectivity index is 1.17. The van der Waals surface area contributed by atoms with Gasteiger partial charge in [-0.2, -0.15) is 0 Å². The Labute approximate surface area is 307 Å². The summed E-state index contributed by atoms with van der Waals surface area (Å²) >= 11 is 1.87. The molecule has 0 unspecified atom stereocenters. The first-order valence-corrected chi connectivity index (χ1v) is 18.6. The minimum atomic E-state index is 1.12. The smallest absolute Gasteiger partial charge is 0.0640 e. The average molecular weight is 680 g/mol. The maximum absolute atomic E-state index is 2.44. The van der Waals surface area contributed by atoms with E-state index in [0.29, 0.717) is 0 Å². The van der Waals surface area contributed by atoms with Crippen molar-refractivity contribution in [2.24, 2.45) is 0 Å². The first-order chi connectivity index (χ1) is 25.8. The zero-order valence-corrected chi connectivity index (χ0v) is 29.2. The van der Waals surface area contributed by atoms with Gasteiger partial charge in [-0.3, -0.25) is 0 Å². The van der Waals surface area contributed by atoms with Gasteiger partial charge in [0.25, 0.3) is 0 Å². The number of hydrogen-bond donors (Lipinski definition) is 0. The highest BCUT2D eigenvalue weighted by molar-refractivity contribution is 7.26. The Hall–Kier alpha value is -6.48. The van der Waals surface area contributed by atoms with Gasteiger partial charge in [-0.05, 0) is 103 Å². The second-order valence-electron chi connectivity index (χ2n) is 13.3. The molecule has 10 aromatic rings. The van der Waals surface area contributed by atoms with E-state index in [0.717, 1.165) is 11.4 Å². The highest BCUT2D eigenvalue weighted by Gasteiger charge is 2.19. The van der Waals surface area contributed by atoms with Crippen molar-refractivity contribution in [3.05, 3.63) is 200 Å². The van der Waals surface area contributed by atoms with Gasteiger partial charge < -0.3 is 4.90 Å². The summed E-state index contributed by atoms with van der Waals surface area (Å²) in [7, 11) is 0. The molecule has 0 saturated heterocycles. The van der Waals surface area contributed by atoms with Crippen molar-refractivity contribution in [3.8, 4) is 33.4 Å². The van der Waals surface area contributed by atoms with E-state index in [4.69, 9.17) is 0 Å². The molecule has 10 rings (SSSR count). The number of rotatable bonds is 6. The number of fused-ring (bicyclic) bond motifs is 5. The highest BCUT2D eigenvalue weighted by Crippen LogP contribution is 2.46. The Bertz CT molecular complexity index is 2900. The van der Waals surface area contributed by atoms with E-state index < -0.39 is 0 Å². The van der Waals surface area contributed by atoms with Crippen LogP contribution in [0.3, 0.4) is 0 Å². The van der Waals surface area contributed by atoms with Crippen LogP contribution in [0.1, 0.15) is 0 Å². The fourth-order valence-corrected chi connectivity index (χ4v) is 8.97. The van der Waals surface area contributed by atoms with Crippen molar-refractivity contribution in [1.82, 2.24) is 0 Å². The Morgan fingerprint density at radius 3 is 1.81 bits per heavy atom. The van der Waals surface area contributed by atoms with Crippen LogP contribution in [-0.4, -0.2) is 0 Å². The second-order valence-corrected chi connectivity index (χ2v) is 14.4. The van der Waals surface area contributed by atoms with E-state index in [1.807, 2.05) is 11.3 Å². The summed E-state index contributed by atoms with van der Waals surface area (Å²) in [6.07, 6.45) is 0. The van der Waals surface area contributed by atoms with Crippen LogP contribution < -0.4 is 4.90 Å². The SMILES string of the molecule is c1ccc(-c2cc(-c3cccc(N(c4ccc(-c5cccc6ccccc56)cc4)c4cccc5c4sc4ccccc45)c3)c3ccccc3c2)cc1. The first kappa shape index (κ1) is 30.4. The average Bonchev–Trinajstić information content (AvgIpc) is 3.61. The quantitative estimate of drug-likeness (QED) is 0.169. The Morgan fingerprint density at radius 2 is 0.962 bits per heavy atom. The lowest BCUT2D eigenvalue weighted by atomic mass is 9.92. The van der Waals surface area contributed by atoms with Crippen LogP contribution in [0.4, 0.5) is 17.1 Å². The molecule has 0 aliphatic carbocycles. The van der Waals surface area contributed by atoms with Gasteiger partial charge in [-0.1, -0.05) is 152 Å². The topological polar surface area (TPSA) is 3.24 Å². The summed E-state index contributed by atoms with van der Waals surface area (Å²) in [5.74, 6) is 0. The third-order valence-electron chi connectivity index (χ3n) is 10.2. The molecule has 52 heavy (non-hydrogen) atoms. The molecule has 244 valence electrons. The molecule has 1 heterocycles. The fourth-order valence-electron chi connectivity index (χ4n) is 7.76. The molecule has 0 saturated carbocycles. The van der Waals surface area contributed by atoms with Gasteiger partial charge in [-0.25, -0.2) is 0 Å². The molecule has 9 aromatic carbocycles. The molecule has 0 bridgehead atoms. The minimum Gasteiger partial charge on any atom is -0.309 e. The van der Waals surface area contributed by atoms with Crippen LogP contribution in [-0.2, 0) is 0 Å². The van der Waals surface area contributed by atoms with Crippen molar-refractivity contribution in [3.63, 3.8) is 0 Å². The van der Waals surface area contributed by atoms with E-state index in [2.05, 4.69) is 205 Å². The van der Waals surface area contributed by atoms with Gasteiger partial charge in [0.05, 0.1) is 10.4 Å². The van der Waals surface area contributed by atoms with Crippen LogP contribution >= 0.6 is 11.3 Å². The molecule has 0 aliphatic heterocycles. The normalized spacial score (nSPS) is 11.5. The van der Waals surface area contributed by atoms with Gasteiger partial charge in [0.15, 0.2) is 0 Å². The van der Waals surface area contributed by atoms with Gasteiger partial charge in [0.2, 0.25) is 0 Å². The summed E-state index contributed by atoms with van der Waals surface area (Å²) in [6.45, 7) is 0. The molecule has 0 atom stereocenters. The molecule has 0 radical (unpaired) electrons.